The van der Waals surface area contributed by atoms with E-state index in [0.29, 0.717) is 26.4 Å². The van der Waals surface area contributed by atoms with E-state index in [-0.39, 0.29) is 0 Å². The minimum Gasteiger partial charge on any atom is -0.395 e. The Morgan fingerprint density at radius 1 is 0.750 bits per heavy atom. The van der Waals surface area contributed by atoms with E-state index in [1.54, 1.807) is 0 Å². The Kier molecular flexibility index (Phi) is 14.7. The monoisotopic (exact) mass is 481 g/mol. The van der Waals surface area contributed by atoms with Crippen LogP contribution in [0.5, 0.6) is 0 Å². The average molecular weight is 482 g/mol. The lowest BCUT2D eigenvalue weighted by atomic mass is 10.3. The second-order valence-corrected chi connectivity index (χ2v) is 14.5. The molecule has 0 saturated carbocycles. The maximum Gasteiger partial charge on any atom is 0.334 e. The van der Waals surface area contributed by atoms with E-state index in [2.05, 4.69) is 28.1 Å². The molecule has 0 aliphatic carbocycles. The summed E-state index contributed by atoms with van der Waals surface area (Å²) in [6.07, 6.45) is 7.46. The second kappa shape index (κ2) is 16.4. The van der Waals surface area contributed by atoms with E-state index in [0.717, 1.165) is 49.3 Å². The van der Waals surface area contributed by atoms with Crippen molar-refractivity contribution in [2.24, 2.45) is 9.98 Å². The Balaban J connectivity index is 2.38. The highest BCUT2D eigenvalue weighted by Crippen LogP contribution is 2.16. The van der Waals surface area contributed by atoms with E-state index >= 15 is 0 Å². The molecular weight excluding hydrogens is 438 g/mol. The Morgan fingerprint density at radius 2 is 1.22 bits per heavy atom. The van der Waals surface area contributed by atoms with Crippen molar-refractivity contribution >= 4 is 29.6 Å². The van der Waals surface area contributed by atoms with Gasteiger partial charge in [0, 0.05) is 63.7 Å². The molecule has 0 aliphatic rings. The van der Waals surface area contributed by atoms with E-state index < -0.39 is 17.1 Å². The number of hydrogen-bond acceptors (Lipinski definition) is 7. The fourth-order valence-corrected chi connectivity index (χ4v) is 8.26. The summed E-state index contributed by atoms with van der Waals surface area (Å²) in [5.74, 6) is 0. The molecule has 7 nitrogen and oxygen atoms in total. The number of aromatic nitrogens is 1. The topological polar surface area (TPSA) is 74.5 Å². The summed E-state index contributed by atoms with van der Waals surface area (Å²) in [6, 6.07) is 5.89. The number of nitrogens with zero attached hydrogens (tertiary/aromatic N) is 3. The number of hydrogen-bond donors (Lipinski definition) is 0. The Labute approximate surface area is 197 Å². The summed E-state index contributed by atoms with van der Waals surface area (Å²) in [5.41, 5.74) is 1.85. The van der Waals surface area contributed by atoms with Crippen LogP contribution in [0, 0.1) is 0 Å². The zero-order chi connectivity index (χ0) is 23.7. The van der Waals surface area contributed by atoms with Crippen molar-refractivity contribution in [2.45, 2.75) is 65.7 Å². The molecule has 0 radical (unpaired) electrons. The molecule has 0 fully saturated rings. The van der Waals surface area contributed by atoms with Crippen LogP contribution in [0.4, 0.5) is 0 Å². The van der Waals surface area contributed by atoms with Gasteiger partial charge in [0.15, 0.2) is 0 Å². The van der Waals surface area contributed by atoms with E-state index in [1.165, 1.54) is 0 Å². The second-order valence-electron chi connectivity index (χ2n) is 7.79. The molecular formula is C23H43N3O4Si2. The zero-order valence-corrected chi connectivity index (χ0v) is 22.9. The number of rotatable bonds is 18. The van der Waals surface area contributed by atoms with Gasteiger partial charge in [0.25, 0.3) is 0 Å². The van der Waals surface area contributed by atoms with E-state index in [1.807, 2.05) is 58.5 Å². The molecule has 1 rings (SSSR count). The van der Waals surface area contributed by atoms with Gasteiger partial charge in [-0.15, -0.1) is 0 Å². The highest BCUT2D eigenvalue weighted by atomic mass is 28.4. The summed E-state index contributed by atoms with van der Waals surface area (Å²) < 4.78 is 23.5. The quantitative estimate of drug-likeness (QED) is 0.168. The van der Waals surface area contributed by atoms with Crippen molar-refractivity contribution in [1.29, 1.82) is 0 Å². The Bertz CT molecular complexity index is 603. The summed E-state index contributed by atoms with van der Waals surface area (Å²) in [5, 5.41) is 0. The van der Waals surface area contributed by atoms with Gasteiger partial charge in [0.05, 0.1) is 5.69 Å². The summed E-state index contributed by atoms with van der Waals surface area (Å²) in [4.78, 5) is 13.5. The summed E-state index contributed by atoms with van der Waals surface area (Å²) >= 11 is 0. The fraction of sp³-hybridized carbons (Fsp3) is 0.696. The predicted molar refractivity (Wildman–Crippen MR) is 138 cm³/mol. The third kappa shape index (κ3) is 12.1. The van der Waals surface area contributed by atoms with E-state index in [4.69, 9.17) is 17.7 Å². The van der Waals surface area contributed by atoms with Gasteiger partial charge in [-0.25, -0.2) is 0 Å². The first-order valence-corrected chi connectivity index (χ1v) is 17.0. The van der Waals surface area contributed by atoms with Gasteiger partial charge in [-0.05, 0) is 77.9 Å². The van der Waals surface area contributed by atoms with Gasteiger partial charge in [-0.3, -0.25) is 15.0 Å². The molecule has 0 N–H and O–H groups in total. The van der Waals surface area contributed by atoms with Crippen LogP contribution in [0.25, 0.3) is 0 Å². The first-order chi connectivity index (χ1) is 15.4. The molecule has 0 aliphatic heterocycles. The standard InChI is InChI=1S/C23H43N3O4Si2/c1-7-27-31(5,28-8-2)17-11-15-24-19-22-13-14-23(26-20-22)21-25-16-12-18-32(6,29-9-3)30-10-4/h13-14,19-21H,7-12,15-18H2,1-6H3/b24-19+,25-21+. The van der Waals surface area contributed by atoms with Crippen LogP contribution in [-0.2, 0) is 17.7 Å². The van der Waals surface area contributed by atoms with Crippen molar-refractivity contribution in [3.63, 3.8) is 0 Å². The van der Waals surface area contributed by atoms with Gasteiger partial charge >= 0.3 is 17.1 Å². The normalized spacial score (nSPS) is 12.9. The number of pyridine rings is 1. The van der Waals surface area contributed by atoms with Gasteiger partial charge in [-0.1, -0.05) is 0 Å². The first-order valence-electron chi connectivity index (χ1n) is 11.9. The minimum absolute atomic E-state index is 0.702. The van der Waals surface area contributed by atoms with E-state index in [9.17, 15) is 0 Å². The van der Waals surface area contributed by atoms with Crippen molar-refractivity contribution in [2.75, 3.05) is 39.5 Å². The largest absolute Gasteiger partial charge is 0.395 e. The molecule has 0 aromatic carbocycles. The maximum atomic E-state index is 5.87. The van der Waals surface area contributed by atoms with Crippen molar-refractivity contribution < 1.29 is 17.7 Å². The van der Waals surface area contributed by atoms with Crippen molar-refractivity contribution in [3.05, 3.63) is 29.6 Å². The van der Waals surface area contributed by atoms with Crippen LogP contribution < -0.4 is 0 Å². The van der Waals surface area contributed by atoms with Gasteiger partial charge in [-0.2, -0.15) is 0 Å². The molecule has 1 heterocycles. The zero-order valence-electron chi connectivity index (χ0n) is 20.9. The highest BCUT2D eigenvalue weighted by molar-refractivity contribution is 6.66. The van der Waals surface area contributed by atoms with Crippen LogP contribution >= 0.6 is 0 Å². The number of aliphatic imine (C=N–C) groups is 2. The van der Waals surface area contributed by atoms with Crippen LogP contribution in [0.1, 0.15) is 51.8 Å². The Morgan fingerprint density at radius 3 is 1.62 bits per heavy atom. The Hall–Kier alpha value is -1.24. The van der Waals surface area contributed by atoms with Crippen LogP contribution in [0.2, 0.25) is 25.2 Å². The molecule has 0 unspecified atom stereocenters. The van der Waals surface area contributed by atoms with Crippen LogP contribution in [0.15, 0.2) is 28.3 Å². The highest BCUT2D eigenvalue weighted by Gasteiger charge is 2.30. The predicted octanol–water partition coefficient (Wildman–Crippen LogP) is 4.99. The first kappa shape index (κ1) is 28.8. The molecule has 1 aromatic rings. The average Bonchev–Trinajstić information content (AvgIpc) is 2.75. The third-order valence-corrected chi connectivity index (χ3v) is 11.0. The molecule has 0 saturated heterocycles. The van der Waals surface area contributed by atoms with Crippen molar-refractivity contribution in [1.82, 2.24) is 4.98 Å². The maximum absolute atomic E-state index is 5.87. The smallest absolute Gasteiger partial charge is 0.334 e. The van der Waals surface area contributed by atoms with Crippen molar-refractivity contribution in [3.8, 4) is 0 Å². The van der Waals surface area contributed by atoms with Crippen LogP contribution in [0.3, 0.4) is 0 Å². The molecule has 1 aromatic heterocycles. The van der Waals surface area contributed by atoms with Gasteiger partial charge < -0.3 is 17.7 Å². The minimum atomic E-state index is -2.04. The lowest BCUT2D eigenvalue weighted by Crippen LogP contribution is -2.38. The van der Waals surface area contributed by atoms with Gasteiger partial charge in [0.1, 0.15) is 0 Å². The lowest BCUT2D eigenvalue weighted by Gasteiger charge is -2.25. The fourth-order valence-electron chi connectivity index (χ4n) is 3.47. The summed E-state index contributed by atoms with van der Waals surface area (Å²) in [6.45, 7) is 16.7. The summed E-state index contributed by atoms with van der Waals surface area (Å²) in [7, 11) is -4.08. The third-order valence-electron chi connectivity index (χ3n) is 4.91. The molecule has 0 amide bonds. The molecule has 32 heavy (non-hydrogen) atoms. The lowest BCUT2D eigenvalue weighted by molar-refractivity contribution is 0.188. The molecule has 0 bridgehead atoms. The SMILES string of the molecule is CCO[Si](C)(CCC/N=C/c1ccc(/C=N/CCC[Si](C)(OCC)OCC)nc1)OCC. The molecule has 9 heteroatoms. The molecule has 182 valence electrons. The van der Waals surface area contributed by atoms with Gasteiger partial charge in [0.2, 0.25) is 0 Å². The van der Waals surface area contributed by atoms with Crippen LogP contribution in [-0.4, -0.2) is 74.1 Å². The molecule has 0 atom stereocenters. The molecule has 0 spiro atoms.